The number of para-hydroxylation sites is 1. The molecule has 1 heterocycles. The van der Waals surface area contributed by atoms with Crippen molar-refractivity contribution in [1.29, 1.82) is 0 Å². The summed E-state index contributed by atoms with van der Waals surface area (Å²) in [6.45, 7) is 8.95. The van der Waals surface area contributed by atoms with Gasteiger partial charge in [-0.15, -0.1) is 0 Å². The Balaban J connectivity index is 2.28. The van der Waals surface area contributed by atoms with E-state index in [9.17, 15) is 5.11 Å². The Labute approximate surface area is 116 Å². The van der Waals surface area contributed by atoms with E-state index in [0.29, 0.717) is 12.1 Å². The molecule has 0 saturated carbocycles. The minimum atomic E-state index is 0.257. The fourth-order valence-electron chi connectivity index (χ4n) is 3.05. The molecule has 3 heteroatoms. The predicted molar refractivity (Wildman–Crippen MR) is 80.8 cm³/mol. The largest absolute Gasteiger partial charge is 0.396 e. The highest BCUT2D eigenvalue weighted by Crippen LogP contribution is 2.28. The van der Waals surface area contributed by atoms with Crippen molar-refractivity contribution in [3.05, 3.63) is 29.3 Å². The van der Waals surface area contributed by atoms with Crippen molar-refractivity contribution in [1.82, 2.24) is 5.32 Å². The predicted octanol–water partition coefficient (Wildman–Crippen LogP) is 2.24. The minimum absolute atomic E-state index is 0.257. The molecule has 0 radical (unpaired) electrons. The summed E-state index contributed by atoms with van der Waals surface area (Å²) >= 11 is 0. The van der Waals surface area contributed by atoms with Gasteiger partial charge in [-0.1, -0.05) is 18.2 Å². The zero-order chi connectivity index (χ0) is 13.8. The average molecular weight is 262 g/mol. The number of hydrogen-bond acceptors (Lipinski definition) is 3. The quantitative estimate of drug-likeness (QED) is 0.877. The third kappa shape index (κ3) is 3.28. The van der Waals surface area contributed by atoms with Crippen LogP contribution in [0.25, 0.3) is 0 Å². The molecule has 1 aliphatic heterocycles. The standard InChI is InChI=1S/C16H26N2O/c1-12-5-4-6-13(2)16(12)18-11-15(8-10-19)17-9-7-14(18)3/h4-6,14-15,17,19H,7-11H2,1-3H3. The zero-order valence-corrected chi connectivity index (χ0v) is 12.3. The van der Waals surface area contributed by atoms with Crippen molar-refractivity contribution in [2.24, 2.45) is 0 Å². The van der Waals surface area contributed by atoms with Gasteiger partial charge in [0.15, 0.2) is 0 Å². The van der Waals surface area contributed by atoms with Crippen LogP contribution in [0.5, 0.6) is 0 Å². The lowest BCUT2D eigenvalue weighted by atomic mass is 10.0. The van der Waals surface area contributed by atoms with E-state index in [-0.39, 0.29) is 6.61 Å². The van der Waals surface area contributed by atoms with Crippen LogP contribution in [-0.2, 0) is 0 Å². The van der Waals surface area contributed by atoms with E-state index >= 15 is 0 Å². The Hall–Kier alpha value is -1.06. The van der Waals surface area contributed by atoms with E-state index in [4.69, 9.17) is 0 Å². The molecular weight excluding hydrogens is 236 g/mol. The van der Waals surface area contributed by atoms with Gasteiger partial charge in [0.2, 0.25) is 0 Å². The van der Waals surface area contributed by atoms with Gasteiger partial charge in [0, 0.05) is 30.9 Å². The summed E-state index contributed by atoms with van der Waals surface area (Å²) in [5.41, 5.74) is 4.06. The molecule has 1 saturated heterocycles. The summed E-state index contributed by atoms with van der Waals surface area (Å²) in [6, 6.07) is 7.42. The maximum absolute atomic E-state index is 9.18. The van der Waals surface area contributed by atoms with Gasteiger partial charge in [-0.05, 0) is 51.3 Å². The van der Waals surface area contributed by atoms with Crippen LogP contribution >= 0.6 is 0 Å². The van der Waals surface area contributed by atoms with Crippen molar-refractivity contribution in [2.45, 2.75) is 45.7 Å². The number of aliphatic hydroxyl groups excluding tert-OH is 1. The first-order valence-electron chi connectivity index (χ1n) is 7.30. The maximum atomic E-state index is 9.18. The first kappa shape index (κ1) is 14.4. The monoisotopic (exact) mass is 262 g/mol. The summed E-state index contributed by atoms with van der Waals surface area (Å²) in [4.78, 5) is 2.52. The van der Waals surface area contributed by atoms with Crippen molar-refractivity contribution >= 4 is 5.69 Å². The molecule has 0 spiro atoms. The highest BCUT2D eigenvalue weighted by Gasteiger charge is 2.24. The highest BCUT2D eigenvalue weighted by molar-refractivity contribution is 5.59. The third-order valence-corrected chi connectivity index (χ3v) is 4.15. The highest BCUT2D eigenvalue weighted by atomic mass is 16.3. The molecule has 2 unspecified atom stereocenters. The van der Waals surface area contributed by atoms with Gasteiger partial charge < -0.3 is 15.3 Å². The molecule has 106 valence electrons. The lowest BCUT2D eigenvalue weighted by Gasteiger charge is -2.34. The van der Waals surface area contributed by atoms with Crippen LogP contribution in [0.1, 0.15) is 30.9 Å². The molecule has 2 atom stereocenters. The van der Waals surface area contributed by atoms with E-state index in [1.807, 2.05) is 0 Å². The lowest BCUT2D eigenvalue weighted by Crippen LogP contribution is -2.41. The van der Waals surface area contributed by atoms with Gasteiger partial charge in [-0.3, -0.25) is 0 Å². The summed E-state index contributed by atoms with van der Waals surface area (Å²) in [5.74, 6) is 0. The number of nitrogens with zero attached hydrogens (tertiary/aromatic N) is 1. The zero-order valence-electron chi connectivity index (χ0n) is 12.3. The van der Waals surface area contributed by atoms with E-state index in [2.05, 4.69) is 49.2 Å². The molecule has 0 amide bonds. The Morgan fingerprint density at radius 3 is 2.63 bits per heavy atom. The Morgan fingerprint density at radius 1 is 1.32 bits per heavy atom. The number of rotatable bonds is 3. The first-order chi connectivity index (χ1) is 9.13. The lowest BCUT2D eigenvalue weighted by molar-refractivity contribution is 0.267. The Bertz CT molecular complexity index is 399. The molecule has 1 fully saturated rings. The van der Waals surface area contributed by atoms with Crippen molar-refractivity contribution in [3.8, 4) is 0 Å². The number of benzene rings is 1. The molecular formula is C16H26N2O. The van der Waals surface area contributed by atoms with Crippen molar-refractivity contribution in [2.75, 3.05) is 24.6 Å². The van der Waals surface area contributed by atoms with Crippen LogP contribution in [0.4, 0.5) is 5.69 Å². The SMILES string of the molecule is Cc1cccc(C)c1N1CC(CCO)NCCC1C. The summed E-state index contributed by atoms with van der Waals surface area (Å²) < 4.78 is 0. The third-order valence-electron chi connectivity index (χ3n) is 4.15. The molecule has 0 aromatic heterocycles. The second-order valence-corrected chi connectivity index (χ2v) is 5.69. The van der Waals surface area contributed by atoms with Gasteiger partial charge >= 0.3 is 0 Å². The summed E-state index contributed by atoms with van der Waals surface area (Å²) in [5, 5.41) is 12.7. The topological polar surface area (TPSA) is 35.5 Å². The molecule has 19 heavy (non-hydrogen) atoms. The number of anilines is 1. The van der Waals surface area contributed by atoms with Crippen LogP contribution in [0, 0.1) is 13.8 Å². The van der Waals surface area contributed by atoms with Crippen molar-refractivity contribution < 1.29 is 5.11 Å². The van der Waals surface area contributed by atoms with E-state index in [0.717, 1.165) is 25.9 Å². The van der Waals surface area contributed by atoms with E-state index < -0.39 is 0 Å². The van der Waals surface area contributed by atoms with Crippen molar-refractivity contribution in [3.63, 3.8) is 0 Å². The molecule has 1 aliphatic rings. The Morgan fingerprint density at radius 2 is 2.00 bits per heavy atom. The summed E-state index contributed by atoms with van der Waals surface area (Å²) in [6.07, 6.45) is 1.98. The van der Waals surface area contributed by atoms with Gasteiger partial charge in [0.25, 0.3) is 0 Å². The molecule has 0 aliphatic carbocycles. The van der Waals surface area contributed by atoms with Gasteiger partial charge in [-0.25, -0.2) is 0 Å². The van der Waals surface area contributed by atoms with Crippen LogP contribution in [0.15, 0.2) is 18.2 Å². The van der Waals surface area contributed by atoms with Gasteiger partial charge in [-0.2, -0.15) is 0 Å². The molecule has 2 rings (SSSR count). The number of nitrogens with one attached hydrogen (secondary N) is 1. The molecule has 1 aromatic rings. The average Bonchev–Trinajstić information content (AvgIpc) is 2.53. The first-order valence-corrected chi connectivity index (χ1v) is 7.30. The number of aliphatic hydroxyl groups is 1. The van der Waals surface area contributed by atoms with Crippen LogP contribution in [0.3, 0.4) is 0 Å². The molecule has 2 N–H and O–H groups in total. The van der Waals surface area contributed by atoms with Crippen LogP contribution in [-0.4, -0.2) is 36.9 Å². The second kappa shape index (κ2) is 6.40. The minimum Gasteiger partial charge on any atom is -0.396 e. The van der Waals surface area contributed by atoms with E-state index in [1.165, 1.54) is 16.8 Å². The molecule has 0 bridgehead atoms. The van der Waals surface area contributed by atoms with E-state index in [1.54, 1.807) is 0 Å². The maximum Gasteiger partial charge on any atom is 0.0446 e. The fraction of sp³-hybridized carbons (Fsp3) is 0.625. The second-order valence-electron chi connectivity index (χ2n) is 5.69. The molecule has 3 nitrogen and oxygen atoms in total. The smallest absolute Gasteiger partial charge is 0.0446 e. The summed E-state index contributed by atoms with van der Waals surface area (Å²) in [7, 11) is 0. The molecule has 1 aromatic carbocycles. The van der Waals surface area contributed by atoms with Crippen LogP contribution < -0.4 is 10.2 Å². The number of hydrogen-bond donors (Lipinski definition) is 2. The van der Waals surface area contributed by atoms with Gasteiger partial charge in [0.1, 0.15) is 0 Å². The normalized spacial score (nSPS) is 24.3. The number of aryl methyl sites for hydroxylation is 2. The van der Waals surface area contributed by atoms with Gasteiger partial charge in [0.05, 0.1) is 0 Å². The Kier molecular flexibility index (Phi) is 4.83. The van der Waals surface area contributed by atoms with Crippen LogP contribution in [0.2, 0.25) is 0 Å². The fourth-order valence-corrected chi connectivity index (χ4v) is 3.05.